The largest absolute Gasteiger partial charge is 0.309 e. The number of aromatic nitrogens is 2. The monoisotopic (exact) mass is 590 g/mol. The molecule has 0 unspecified atom stereocenters. The van der Waals surface area contributed by atoms with Crippen molar-refractivity contribution in [2.45, 2.75) is 26.2 Å². The van der Waals surface area contributed by atoms with Gasteiger partial charge in [0, 0.05) is 32.8 Å². The van der Waals surface area contributed by atoms with Crippen LogP contribution < -0.4 is 0 Å². The molecule has 2 heterocycles. The van der Waals surface area contributed by atoms with Crippen molar-refractivity contribution < 1.29 is 0 Å². The van der Waals surface area contributed by atoms with E-state index in [1.54, 1.807) is 12.1 Å². The van der Waals surface area contributed by atoms with E-state index < -0.39 is 0 Å². The van der Waals surface area contributed by atoms with Crippen molar-refractivity contribution in [1.82, 2.24) is 9.13 Å². The Morgan fingerprint density at radius 1 is 0.522 bits per heavy atom. The molecule has 4 heteroatoms. The number of benzene rings is 6. The van der Waals surface area contributed by atoms with Crippen molar-refractivity contribution in [3.8, 4) is 34.6 Å². The van der Waals surface area contributed by atoms with E-state index in [0.717, 1.165) is 55.4 Å². The molecule has 4 nitrogen and oxygen atoms in total. The lowest BCUT2D eigenvalue weighted by Crippen LogP contribution is -2.18. The molecule has 218 valence electrons. The summed E-state index contributed by atoms with van der Waals surface area (Å²) in [6.07, 6.45) is 0. The zero-order valence-corrected chi connectivity index (χ0v) is 25.9. The Kier molecular flexibility index (Phi) is 6.11. The highest BCUT2D eigenvalue weighted by atomic mass is 15.0. The molecule has 0 radical (unpaired) electrons. The Morgan fingerprint density at radius 2 is 1.13 bits per heavy atom. The lowest BCUT2D eigenvalue weighted by Gasteiger charge is -2.26. The molecule has 8 aromatic rings. The van der Waals surface area contributed by atoms with E-state index in [1.807, 2.05) is 12.1 Å². The van der Waals surface area contributed by atoms with E-state index in [0.29, 0.717) is 11.1 Å². The van der Waals surface area contributed by atoms with Crippen LogP contribution in [0.4, 0.5) is 0 Å². The highest BCUT2D eigenvalue weighted by Gasteiger charge is 2.28. The third-order valence-corrected chi connectivity index (χ3v) is 9.09. The summed E-state index contributed by atoms with van der Waals surface area (Å²) in [5.41, 5.74) is 10.1. The standard InChI is InChI=1S/C42H30N4/c1-42(2,3)40-28(25-43)20-21-29(26-44)41(40)46-36-18-10-8-15-34(36)39-31(16-11-19-37(39)46)27-22-23-33-32-14-7-9-17-35(32)45(38(33)24-27)30-12-5-4-6-13-30/h4-24H,1-3H3. The van der Waals surface area contributed by atoms with Gasteiger partial charge in [-0.25, -0.2) is 0 Å². The second kappa shape index (κ2) is 10.2. The van der Waals surface area contributed by atoms with E-state index in [1.165, 1.54) is 16.3 Å². The van der Waals surface area contributed by atoms with Crippen LogP contribution in [0, 0.1) is 22.7 Å². The summed E-state index contributed by atoms with van der Waals surface area (Å²) >= 11 is 0. The van der Waals surface area contributed by atoms with Crippen LogP contribution in [0.3, 0.4) is 0 Å². The zero-order chi connectivity index (χ0) is 31.6. The summed E-state index contributed by atoms with van der Waals surface area (Å²) in [7, 11) is 0. The predicted octanol–water partition coefficient (Wildman–Crippen LogP) is 10.6. The summed E-state index contributed by atoms with van der Waals surface area (Å²) in [6, 6.07) is 49.1. The minimum Gasteiger partial charge on any atom is -0.309 e. The molecule has 46 heavy (non-hydrogen) atoms. The van der Waals surface area contributed by atoms with Gasteiger partial charge in [-0.15, -0.1) is 0 Å². The smallest absolute Gasteiger partial charge is 0.101 e. The maximum absolute atomic E-state index is 10.4. The normalized spacial score (nSPS) is 11.8. The third kappa shape index (κ3) is 3.98. The van der Waals surface area contributed by atoms with E-state index in [-0.39, 0.29) is 5.41 Å². The van der Waals surface area contributed by atoms with Gasteiger partial charge < -0.3 is 9.13 Å². The van der Waals surface area contributed by atoms with Crippen molar-refractivity contribution in [3.63, 3.8) is 0 Å². The Morgan fingerprint density at radius 3 is 1.85 bits per heavy atom. The zero-order valence-electron chi connectivity index (χ0n) is 25.9. The van der Waals surface area contributed by atoms with Gasteiger partial charge >= 0.3 is 0 Å². The van der Waals surface area contributed by atoms with Crippen molar-refractivity contribution in [3.05, 3.63) is 144 Å². The van der Waals surface area contributed by atoms with E-state index in [2.05, 4.69) is 145 Å². The Balaban J connectivity index is 1.48. The quantitative estimate of drug-likeness (QED) is 0.205. The van der Waals surface area contributed by atoms with Crippen LogP contribution in [0.1, 0.15) is 37.5 Å². The maximum Gasteiger partial charge on any atom is 0.101 e. The first-order valence-corrected chi connectivity index (χ1v) is 15.5. The average molecular weight is 591 g/mol. The summed E-state index contributed by atoms with van der Waals surface area (Å²) in [5, 5.41) is 25.2. The van der Waals surface area contributed by atoms with Crippen LogP contribution in [0.2, 0.25) is 0 Å². The summed E-state index contributed by atoms with van der Waals surface area (Å²) in [5.74, 6) is 0. The molecule has 0 spiro atoms. The van der Waals surface area contributed by atoms with Gasteiger partial charge in [-0.05, 0) is 65.1 Å². The van der Waals surface area contributed by atoms with Crippen LogP contribution in [0.15, 0.2) is 127 Å². The molecule has 0 N–H and O–H groups in total. The van der Waals surface area contributed by atoms with E-state index in [4.69, 9.17) is 0 Å². The van der Waals surface area contributed by atoms with Gasteiger partial charge in [0.2, 0.25) is 0 Å². The van der Waals surface area contributed by atoms with Gasteiger partial charge in [0.1, 0.15) is 6.07 Å². The SMILES string of the molecule is CC(C)(C)c1c(C#N)ccc(C#N)c1-n1c2ccccc2c2c(-c3ccc4c5ccccc5n(-c5ccccc5)c4c3)cccc21. The highest BCUT2D eigenvalue weighted by Crippen LogP contribution is 2.43. The Labute approximate surface area is 267 Å². The van der Waals surface area contributed by atoms with Gasteiger partial charge in [-0.1, -0.05) is 99.6 Å². The van der Waals surface area contributed by atoms with Crippen molar-refractivity contribution in [2.75, 3.05) is 0 Å². The Hall–Kier alpha value is -6.10. The van der Waals surface area contributed by atoms with Crippen LogP contribution in [0.5, 0.6) is 0 Å². The van der Waals surface area contributed by atoms with Crippen molar-refractivity contribution in [1.29, 1.82) is 10.5 Å². The summed E-state index contributed by atoms with van der Waals surface area (Å²) < 4.78 is 4.55. The van der Waals surface area contributed by atoms with Crippen molar-refractivity contribution >= 4 is 43.6 Å². The van der Waals surface area contributed by atoms with Crippen LogP contribution in [-0.4, -0.2) is 9.13 Å². The van der Waals surface area contributed by atoms with E-state index >= 15 is 0 Å². The molecule has 0 bridgehead atoms. The Bertz CT molecular complexity index is 2580. The predicted molar refractivity (Wildman–Crippen MR) is 189 cm³/mol. The van der Waals surface area contributed by atoms with Gasteiger partial charge in [0.25, 0.3) is 0 Å². The number of nitriles is 2. The van der Waals surface area contributed by atoms with Crippen molar-refractivity contribution in [2.24, 2.45) is 0 Å². The first-order chi connectivity index (χ1) is 22.4. The fourth-order valence-corrected chi connectivity index (χ4v) is 7.26. The summed E-state index contributed by atoms with van der Waals surface area (Å²) in [6.45, 7) is 6.32. The number of fused-ring (bicyclic) bond motifs is 6. The number of rotatable bonds is 3. The molecule has 6 aromatic carbocycles. The number of hydrogen-bond donors (Lipinski definition) is 0. The first-order valence-electron chi connectivity index (χ1n) is 15.5. The molecule has 0 aliphatic rings. The second-order valence-corrected chi connectivity index (χ2v) is 12.8. The molecule has 8 rings (SSSR count). The lowest BCUT2D eigenvalue weighted by molar-refractivity contribution is 0.585. The number of para-hydroxylation sites is 3. The maximum atomic E-state index is 10.4. The third-order valence-electron chi connectivity index (χ3n) is 9.09. The molecule has 0 aliphatic carbocycles. The minimum absolute atomic E-state index is 0.377. The molecule has 0 saturated heterocycles. The summed E-state index contributed by atoms with van der Waals surface area (Å²) in [4.78, 5) is 0. The number of nitrogens with zero attached hydrogens (tertiary/aromatic N) is 4. The molecular formula is C42H30N4. The van der Waals surface area contributed by atoms with E-state index in [9.17, 15) is 10.5 Å². The molecule has 0 saturated carbocycles. The molecule has 0 atom stereocenters. The molecule has 0 aliphatic heterocycles. The van der Waals surface area contributed by atoms with Crippen LogP contribution in [0.25, 0.3) is 66.1 Å². The highest BCUT2D eigenvalue weighted by molar-refractivity contribution is 6.17. The topological polar surface area (TPSA) is 57.4 Å². The van der Waals surface area contributed by atoms with Crippen LogP contribution >= 0.6 is 0 Å². The minimum atomic E-state index is -0.377. The molecule has 2 aromatic heterocycles. The van der Waals surface area contributed by atoms with Gasteiger partial charge in [0.15, 0.2) is 0 Å². The average Bonchev–Trinajstić information content (AvgIpc) is 3.60. The molecule has 0 amide bonds. The second-order valence-electron chi connectivity index (χ2n) is 12.8. The first kappa shape index (κ1) is 27.4. The molecular weight excluding hydrogens is 560 g/mol. The fourth-order valence-electron chi connectivity index (χ4n) is 7.26. The fraction of sp³-hybridized carbons (Fsp3) is 0.0952. The van der Waals surface area contributed by atoms with Crippen LogP contribution in [-0.2, 0) is 5.41 Å². The van der Waals surface area contributed by atoms with Gasteiger partial charge in [-0.2, -0.15) is 10.5 Å². The van der Waals surface area contributed by atoms with Gasteiger partial charge in [0.05, 0.1) is 45.0 Å². The lowest BCUT2D eigenvalue weighted by atomic mass is 9.81. The molecule has 0 fully saturated rings. The number of hydrogen-bond acceptors (Lipinski definition) is 2. The van der Waals surface area contributed by atoms with Gasteiger partial charge in [-0.3, -0.25) is 0 Å².